The van der Waals surface area contributed by atoms with Crippen molar-refractivity contribution in [2.24, 2.45) is 0 Å². The maximum atomic E-state index is 12.1. The van der Waals surface area contributed by atoms with E-state index in [0.29, 0.717) is 23.9 Å². The van der Waals surface area contributed by atoms with Gasteiger partial charge in [-0.1, -0.05) is 6.42 Å². The largest absolute Gasteiger partial charge is 0.501 e. The smallest absolute Gasteiger partial charge is 0.0887 e. The van der Waals surface area contributed by atoms with E-state index in [4.69, 9.17) is 4.74 Å². The van der Waals surface area contributed by atoms with Crippen molar-refractivity contribution < 1.29 is 13.2 Å². The van der Waals surface area contributed by atoms with Crippen molar-refractivity contribution in [3.8, 4) is 0 Å². The van der Waals surface area contributed by atoms with E-state index in [0.717, 1.165) is 19.3 Å². The van der Waals surface area contributed by atoms with E-state index in [2.05, 4.69) is 0 Å². The summed E-state index contributed by atoms with van der Waals surface area (Å²) in [6, 6.07) is 0. The molecule has 1 aliphatic carbocycles. The van der Waals surface area contributed by atoms with Crippen molar-refractivity contribution in [1.29, 1.82) is 0 Å². The lowest BCUT2D eigenvalue weighted by atomic mass is 9.96. The molecule has 110 valence electrons. The molecule has 1 heterocycles. The minimum Gasteiger partial charge on any atom is -0.501 e. The second-order valence-corrected chi connectivity index (χ2v) is 9.41. The Kier molecular flexibility index (Phi) is 5.63. The van der Waals surface area contributed by atoms with Crippen molar-refractivity contribution in [2.75, 3.05) is 23.9 Å². The molecule has 19 heavy (non-hydrogen) atoms. The topological polar surface area (TPSA) is 43.4 Å². The molecule has 3 nitrogen and oxygen atoms in total. The van der Waals surface area contributed by atoms with Crippen LogP contribution in [-0.4, -0.2) is 37.0 Å². The van der Waals surface area contributed by atoms with E-state index in [1.165, 1.54) is 24.8 Å². The van der Waals surface area contributed by atoms with Gasteiger partial charge >= 0.3 is 0 Å². The van der Waals surface area contributed by atoms with Crippen LogP contribution in [0.15, 0.2) is 11.8 Å². The fourth-order valence-corrected chi connectivity index (χ4v) is 6.70. The first kappa shape index (κ1) is 15.2. The highest BCUT2D eigenvalue weighted by Gasteiger charge is 2.37. The van der Waals surface area contributed by atoms with Crippen LogP contribution in [0.4, 0.5) is 0 Å². The average Bonchev–Trinajstić information content (AvgIpc) is 2.41. The molecule has 0 aromatic rings. The molecule has 2 rings (SSSR count). The second-order valence-electron chi connectivity index (χ2n) is 5.75. The SMILES string of the molecule is CC1(CCOC=C2CCCCC2)CS(=O)CCS1=O. The summed E-state index contributed by atoms with van der Waals surface area (Å²) >= 11 is 0. The van der Waals surface area contributed by atoms with Crippen LogP contribution in [-0.2, 0) is 26.3 Å². The molecule has 3 unspecified atom stereocenters. The molecular weight excluding hydrogens is 280 g/mol. The normalized spacial score (nSPS) is 35.9. The average molecular weight is 304 g/mol. The maximum Gasteiger partial charge on any atom is 0.0887 e. The molecule has 0 aromatic heterocycles. The molecule has 5 heteroatoms. The summed E-state index contributed by atoms with van der Waals surface area (Å²) in [5.41, 5.74) is 1.41. The standard InChI is InChI=1S/C14H24O3S2/c1-14(12-18(15)9-10-19(14)16)7-8-17-11-13-5-3-2-4-6-13/h11H,2-10,12H2,1H3. The third kappa shape index (κ3) is 4.42. The quantitative estimate of drug-likeness (QED) is 0.592. The third-order valence-corrected chi connectivity index (χ3v) is 8.09. The number of hydrogen-bond donors (Lipinski definition) is 0. The Bertz CT molecular complexity index is 384. The minimum absolute atomic E-state index is 0.325. The monoisotopic (exact) mass is 304 g/mol. The maximum absolute atomic E-state index is 12.1. The van der Waals surface area contributed by atoms with E-state index < -0.39 is 21.6 Å². The summed E-state index contributed by atoms with van der Waals surface area (Å²) in [5.74, 6) is 1.72. The number of allylic oxidation sites excluding steroid dienone is 1. The van der Waals surface area contributed by atoms with E-state index >= 15 is 0 Å². The second kappa shape index (κ2) is 7.02. The molecule has 0 N–H and O–H groups in total. The molecule has 0 aromatic carbocycles. The molecular formula is C14H24O3S2. The molecule has 1 aliphatic heterocycles. The van der Waals surface area contributed by atoms with Gasteiger partial charge in [0, 0.05) is 38.9 Å². The first-order valence-corrected chi connectivity index (χ1v) is 9.94. The molecule has 2 aliphatic rings. The highest BCUT2D eigenvalue weighted by molar-refractivity contribution is 7.93. The van der Waals surface area contributed by atoms with Gasteiger partial charge in [0.25, 0.3) is 0 Å². The Morgan fingerprint density at radius 2 is 1.95 bits per heavy atom. The molecule has 1 saturated heterocycles. The summed E-state index contributed by atoms with van der Waals surface area (Å²) in [4.78, 5) is 0. The Hall–Kier alpha value is -0.160. The van der Waals surface area contributed by atoms with Crippen LogP contribution in [0, 0.1) is 0 Å². The van der Waals surface area contributed by atoms with Crippen molar-refractivity contribution in [2.45, 2.75) is 50.2 Å². The molecule has 3 atom stereocenters. The van der Waals surface area contributed by atoms with Crippen LogP contribution in [0.3, 0.4) is 0 Å². The van der Waals surface area contributed by atoms with Crippen LogP contribution in [0.5, 0.6) is 0 Å². The van der Waals surface area contributed by atoms with Gasteiger partial charge in [-0.2, -0.15) is 0 Å². The van der Waals surface area contributed by atoms with Crippen LogP contribution >= 0.6 is 0 Å². The molecule has 2 fully saturated rings. The van der Waals surface area contributed by atoms with Crippen molar-refractivity contribution in [3.63, 3.8) is 0 Å². The van der Waals surface area contributed by atoms with Gasteiger partial charge in [0.05, 0.1) is 17.6 Å². The summed E-state index contributed by atoms with van der Waals surface area (Å²) in [6.07, 6.45) is 8.84. The van der Waals surface area contributed by atoms with Crippen molar-refractivity contribution >= 4 is 21.6 Å². The van der Waals surface area contributed by atoms with Gasteiger partial charge in [0.2, 0.25) is 0 Å². The van der Waals surface area contributed by atoms with Gasteiger partial charge < -0.3 is 4.74 Å². The number of hydrogen-bond acceptors (Lipinski definition) is 3. The van der Waals surface area contributed by atoms with Crippen LogP contribution in [0.1, 0.15) is 45.4 Å². The van der Waals surface area contributed by atoms with Crippen molar-refractivity contribution in [3.05, 3.63) is 11.8 Å². The molecule has 0 amide bonds. The molecule has 0 radical (unpaired) electrons. The van der Waals surface area contributed by atoms with Crippen LogP contribution < -0.4 is 0 Å². The fraction of sp³-hybridized carbons (Fsp3) is 0.857. The highest BCUT2D eigenvalue weighted by atomic mass is 32.2. The zero-order valence-electron chi connectivity index (χ0n) is 11.7. The summed E-state index contributed by atoms with van der Waals surface area (Å²) in [5, 5.41) is 0. The lowest BCUT2D eigenvalue weighted by molar-refractivity contribution is 0.229. The Balaban J connectivity index is 1.77. The van der Waals surface area contributed by atoms with Crippen LogP contribution in [0.2, 0.25) is 0 Å². The van der Waals surface area contributed by atoms with Gasteiger partial charge in [-0.25, -0.2) is 0 Å². The van der Waals surface area contributed by atoms with E-state index in [-0.39, 0.29) is 4.75 Å². The lowest BCUT2D eigenvalue weighted by Gasteiger charge is -2.31. The zero-order valence-corrected chi connectivity index (χ0v) is 13.3. The first-order valence-electron chi connectivity index (χ1n) is 7.13. The summed E-state index contributed by atoms with van der Waals surface area (Å²) in [7, 11) is -1.67. The zero-order chi connectivity index (χ0) is 13.7. The van der Waals surface area contributed by atoms with Crippen LogP contribution in [0.25, 0.3) is 0 Å². The Morgan fingerprint density at radius 3 is 2.68 bits per heavy atom. The Morgan fingerprint density at radius 1 is 1.21 bits per heavy atom. The molecule has 1 saturated carbocycles. The predicted octanol–water partition coefficient (Wildman–Crippen LogP) is 2.51. The lowest BCUT2D eigenvalue weighted by Crippen LogP contribution is -2.44. The predicted molar refractivity (Wildman–Crippen MR) is 81.0 cm³/mol. The third-order valence-electron chi connectivity index (χ3n) is 4.01. The molecule has 0 bridgehead atoms. The summed E-state index contributed by atoms with van der Waals surface area (Å²) in [6.45, 7) is 2.57. The minimum atomic E-state index is -0.866. The van der Waals surface area contributed by atoms with E-state index in [9.17, 15) is 8.42 Å². The number of rotatable bonds is 4. The fourth-order valence-electron chi connectivity index (χ4n) is 2.65. The highest BCUT2D eigenvalue weighted by Crippen LogP contribution is 2.26. The van der Waals surface area contributed by atoms with Gasteiger partial charge in [-0.05, 0) is 44.6 Å². The Labute approximate surface area is 121 Å². The molecule has 0 spiro atoms. The van der Waals surface area contributed by atoms with Gasteiger partial charge in [-0.15, -0.1) is 0 Å². The van der Waals surface area contributed by atoms with Gasteiger partial charge in [0.1, 0.15) is 0 Å². The summed E-state index contributed by atoms with van der Waals surface area (Å²) < 4.78 is 29.0. The van der Waals surface area contributed by atoms with Crippen molar-refractivity contribution in [1.82, 2.24) is 0 Å². The van der Waals surface area contributed by atoms with Gasteiger partial charge in [-0.3, -0.25) is 8.42 Å². The van der Waals surface area contributed by atoms with Gasteiger partial charge in [0.15, 0.2) is 0 Å². The number of ether oxygens (including phenoxy) is 1. The van der Waals surface area contributed by atoms with E-state index in [1.54, 1.807) is 0 Å². The van der Waals surface area contributed by atoms with E-state index in [1.807, 2.05) is 13.2 Å². The first-order chi connectivity index (χ1) is 9.10.